The Balaban J connectivity index is 3.13. The summed E-state index contributed by atoms with van der Waals surface area (Å²) in [5.41, 5.74) is 5.68. The van der Waals surface area contributed by atoms with Gasteiger partial charge >= 0.3 is 6.36 Å². The third-order valence-electron chi connectivity index (χ3n) is 1.30. The first kappa shape index (κ1) is 11.9. The van der Waals surface area contributed by atoms with E-state index >= 15 is 0 Å². The highest BCUT2D eigenvalue weighted by Gasteiger charge is 2.33. The smallest absolute Gasteiger partial charge is 0.403 e. The summed E-state index contributed by atoms with van der Waals surface area (Å²) >= 11 is 4.64. The molecule has 0 spiro atoms. The van der Waals surface area contributed by atoms with Gasteiger partial charge in [0.2, 0.25) is 0 Å². The lowest BCUT2D eigenvalue weighted by Gasteiger charge is -2.13. The summed E-state index contributed by atoms with van der Waals surface area (Å²) in [6.07, 6.45) is -4.71. The molecule has 0 unspecified atom stereocenters. The van der Waals surface area contributed by atoms with Gasteiger partial charge in [-0.25, -0.2) is 0 Å². The van der Waals surface area contributed by atoms with Gasteiger partial charge < -0.3 is 10.5 Å². The largest absolute Gasteiger partial charge is 0.573 e. The number of nitrogen functional groups attached to an aromatic ring is 1. The zero-order valence-corrected chi connectivity index (χ0v) is 10.3. The Bertz CT molecular complexity index is 356. The number of halogens is 5. The van der Waals surface area contributed by atoms with Crippen molar-refractivity contribution in [2.24, 2.45) is 0 Å². The van der Waals surface area contributed by atoms with Crippen molar-refractivity contribution >= 4 is 44.2 Å². The van der Waals surface area contributed by atoms with Crippen LogP contribution < -0.4 is 10.5 Å². The molecule has 0 aliphatic carbocycles. The molecule has 0 aliphatic heterocycles. The maximum Gasteiger partial charge on any atom is 0.573 e. The first-order valence-electron chi connectivity index (χ1n) is 3.30. The summed E-state index contributed by atoms with van der Waals surface area (Å²) < 4.78 is 40.1. The van der Waals surface area contributed by atoms with Crippen LogP contribution in [0.1, 0.15) is 0 Å². The van der Waals surface area contributed by atoms with Gasteiger partial charge in [-0.2, -0.15) is 0 Å². The van der Waals surface area contributed by atoms with Crippen LogP contribution in [0.5, 0.6) is 5.75 Å². The maximum atomic E-state index is 11.9. The topological polar surface area (TPSA) is 35.2 Å². The van der Waals surface area contributed by atoms with Crippen LogP contribution in [0.4, 0.5) is 18.9 Å². The molecule has 0 saturated heterocycles. The van der Waals surface area contributed by atoms with E-state index in [1.54, 1.807) is 22.6 Å². The fraction of sp³-hybridized carbons (Fsp3) is 0.143. The maximum absolute atomic E-state index is 11.9. The number of hydrogen-bond acceptors (Lipinski definition) is 2. The van der Waals surface area contributed by atoms with Crippen LogP contribution in [0.25, 0.3) is 0 Å². The standard InChI is InChI=1S/C7H4BrF3INO/c8-3-1-2-4(13)5(12)6(3)14-7(9,10)11/h1-2H,13H2. The van der Waals surface area contributed by atoms with Gasteiger partial charge in [-0.05, 0) is 50.7 Å². The van der Waals surface area contributed by atoms with Gasteiger partial charge in [-0.3, -0.25) is 0 Å². The molecule has 0 saturated carbocycles. The Kier molecular flexibility index (Phi) is 3.51. The summed E-state index contributed by atoms with van der Waals surface area (Å²) in [4.78, 5) is 0. The van der Waals surface area contributed by atoms with E-state index in [9.17, 15) is 13.2 Å². The predicted molar refractivity (Wildman–Crippen MR) is 58.0 cm³/mol. The van der Waals surface area contributed by atoms with Gasteiger partial charge in [0.15, 0.2) is 5.75 Å². The second kappa shape index (κ2) is 4.13. The Hall–Kier alpha value is -0.180. The molecule has 1 aromatic rings. The zero-order valence-electron chi connectivity index (χ0n) is 6.53. The fourth-order valence-corrected chi connectivity index (χ4v) is 2.12. The quantitative estimate of drug-likeness (QED) is 0.596. The van der Waals surface area contributed by atoms with E-state index < -0.39 is 6.36 Å². The molecule has 0 heterocycles. The number of hydrogen-bond donors (Lipinski definition) is 1. The molecule has 0 radical (unpaired) electrons. The average molecular weight is 382 g/mol. The molecule has 1 aromatic carbocycles. The highest BCUT2D eigenvalue weighted by atomic mass is 127. The van der Waals surface area contributed by atoms with E-state index in [0.717, 1.165) is 0 Å². The molecular formula is C7H4BrF3INO. The van der Waals surface area contributed by atoms with Gasteiger partial charge in [-0.15, -0.1) is 13.2 Å². The highest BCUT2D eigenvalue weighted by molar-refractivity contribution is 14.1. The van der Waals surface area contributed by atoms with Gasteiger partial charge in [0.25, 0.3) is 0 Å². The number of nitrogens with two attached hydrogens (primary N) is 1. The summed E-state index contributed by atoms with van der Waals surface area (Å²) in [7, 11) is 0. The normalized spacial score (nSPS) is 11.5. The zero-order chi connectivity index (χ0) is 10.9. The number of anilines is 1. The minimum Gasteiger partial charge on any atom is -0.403 e. The molecule has 0 atom stereocenters. The van der Waals surface area contributed by atoms with Crippen LogP contribution in [0.3, 0.4) is 0 Å². The molecule has 2 N–H and O–H groups in total. The Morgan fingerprint density at radius 3 is 2.43 bits per heavy atom. The Morgan fingerprint density at radius 1 is 1.36 bits per heavy atom. The number of benzene rings is 1. The molecule has 0 aliphatic rings. The second-order valence-electron chi connectivity index (χ2n) is 2.33. The molecule has 0 fully saturated rings. The third-order valence-corrected chi connectivity index (χ3v) is 3.03. The first-order chi connectivity index (χ1) is 6.31. The van der Waals surface area contributed by atoms with Crippen LogP contribution in [0.2, 0.25) is 0 Å². The van der Waals surface area contributed by atoms with Crippen molar-refractivity contribution in [2.45, 2.75) is 6.36 Å². The van der Waals surface area contributed by atoms with Crippen molar-refractivity contribution in [1.82, 2.24) is 0 Å². The average Bonchev–Trinajstić information content (AvgIpc) is 2.04. The van der Waals surface area contributed by atoms with E-state index in [2.05, 4.69) is 20.7 Å². The molecule has 0 bridgehead atoms. The van der Waals surface area contributed by atoms with Crippen LogP contribution in [-0.4, -0.2) is 6.36 Å². The lowest BCUT2D eigenvalue weighted by molar-refractivity contribution is -0.275. The SMILES string of the molecule is Nc1ccc(Br)c(OC(F)(F)F)c1I. The van der Waals surface area contributed by atoms with Crippen molar-refractivity contribution in [3.63, 3.8) is 0 Å². The lowest BCUT2D eigenvalue weighted by atomic mass is 10.3. The Morgan fingerprint density at radius 2 is 1.93 bits per heavy atom. The lowest BCUT2D eigenvalue weighted by Crippen LogP contribution is -2.18. The second-order valence-corrected chi connectivity index (χ2v) is 4.26. The van der Waals surface area contributed by atoms with Crippen molar-refractivity contribution in [3.8, 4) is 5.75 Å². The number of alkyl halides is 3. The molecule has 7 heteroatoms. The highest BCUT2D eigenvalue weighted by Crippen LogP contribution is 2.37. The molecule has 78 valence electrons. The van der Waals surface area contributed by atoms with Gasteiger partial charge in [0, 0.05) is 5.69 Å². The van der Waals surface area contributed by atoms with E-state index in [0.29, 0.717) is 0 Å². The van der Waals surface area contributed by atoms with Crippen LogP contribution in [-0.2, 0) is 0 Å². The van der Waals surface area contributed by atoms with Crippen molar-refractivity contribution in [1.29, 1.82) is 0 Å². The van der Waals surface area contributed by atoms with Crippen molar-refractivity contribution in [3.05, 3.63) is 20.2 Å². The first-order valence-corrected chi connectivity index (χ1v) is 5.17. The van der Waals surface area contributed by atoms with Crippen LogP contribution in [0, 0.1) is 3.57 Å². The van der Waals surface area contributed by atoms with Gasteiger partial charge in [0.05, 0.1) is 8.04 Å². The van der Waals surface area contributed by atoms with Crippen molar-refractivity contribution < 1.29 is 17.9 Å². The van der Waals surface area contributed by atoms with E-state index in [-0.39, 0.29) is 19.5 Å². The van der Waals surface area contributed by atoms with Gasteiger partial charge in [0.1, 0.15) is 0 Å². The minimum atomic E-state index is -4.71. The van der Waals surface area contributed by atoms with E-state index in [1.807, 2.05) is 0 Å². The minimum absolute atomic E-state index is 0.216. The van der Waals surface area contributed by atoms with E-state index in [1.165, 1.54) is 12.1 Å². The van der Waals surface area contributed by atoms with Crippen LogP contribution >= 0.6 is 38.5 Å². The number of rotatable bonds is 1. The summed E-state index contributed by atoms with van der Waals surface area (Å²) in [6.45, 7) is 0. The summed E-state index contributed by atoms with van der Waals surface area (Å²) in [5, 5.41) is 0. The molecule has 1 rings (SSSR count). The Labute approximate surface area is 99.9 Å². The molecule has 14 heavy (non-hydrogen) atoms. The van der Waals surface area contributed by atoms with Crippen LogP contribution in [0.15, 0.2) is 16.6 Å². The molecule has 0 amide bonds. The predicted octanol–water partition coefficient (Wildman–Crippen LogP) is 3.53. The summed E-state index contributed by atoms with van der Waals surface area (Å²) in [5.74, 6) is -0.307. The monoisotopic (exact) mass is 381 g/mol. The summed E-state index contributed by atoms with van der Waals surface area (Å²) in [6, 6.07) is 2.90. The van der Waals surface area contributed by atoms with Crippen molar-refractivity contribution in [2.75, 3.05) is 5.73 Å². The number of ether oxygens (including phenoxy) is 1. The fourth-order valence-electron chi connectivity index (χ4n) is 0.757. The van der Waals surface area contributed by atoms with E-state index in [4.69, 9.17) is 5.73 Å². The third kappa shape index (κ3) is 2.91. The molecule has 0 aromatic heterocycles. The van der Waals surface area contributed by atoms with Gasteiger partial charge in [-0.1, -0.05) is 0 Å². The molecular weight excluding hydrogens is 378 g/mol. The molecule has 2 nitrogen and oxygen atoms in total.